The molecule has 0 aromatic carbocycles. The number of amides is 1. The Bertz CT molecular complexity index is 295. The van der Waals surface area contributed by atoms with Crippen molar-refractivity contribution in [2.24, 2.45) is 5.73 Å². The quantitative estimate of drug-likeness (QED) is 0.549. The molecule has 0 aliphatic carbocycles. The second kappa shape index (κ2) is 8.60. The Morgan fingerprint density at radius 3 is 2.90 bits per heavy atom. The van der Waals surface area contributed by atoms with Gasteiger partial charge in [0.05, 0.1) is 12.1 Å². The average molecular weight is 285 g/mol. The second-order valence-electron chi connectivity index (χ2n) is 6.15. The SMILES string of the molecule is CCCC(C)(N)C(=O)NCCCCN1CCCC1CO. The van der Waals surface area contributed by atoms with E-state index in [2.05, 4.69) is 10.2 Å². The molecule has 0 aromatic rings. The highest BCUT2D eigenvalue weighted by Crippen LogP contribution is 2.16. The lowest BCUT2D eigenvalue weighted by Crippen LogP contribution is -2.51. The summed E-state index contributed by atoms with van der Waals surface area (Å²) in [6.07, 6.45) is 5.93. The minimum absolute atomic E-state index is 0.0474. The van der Waals surface area contributed by atoms with E-state index in [4.69, 9.17) is 5.73 Å². The highest BCUT2D eigenvalue weighted by molar-refractivity contribution is 5.85. The highest BCUT2D eigenvalue weighted by Gasteiger charge is 2.26. The molecule has 118 valence electrons. The molecule has 4 N–H and O–H groups in total. The van der Waals surface area contributed by atoms with Crippen molar-refractivity contribution in [2.75, 3.05) is 26.2 Å². The van der Waals surface area contributed by atoms with Gasteiger partial charge < -0.3 is 16.2 Å². The molecule has 1 amide bonds. The molecule has 0 radical (unpaired) electrons. The van der Waals surface area contributed by atoms with Crippen LogP contribution in [0.5, 0.6) is 0 Å². The number of unbranched alkanes of at least 4 members (excludes halogenated alkanes) is 1. The Morgan fingerprint density at radius 1 is 1.50 bits per heavy atom. The lowest BCUT2D eigenvalue weighted by molar-refractivity contribution is -0.126. The van der Waals surface area contributed by atoms with Gasteiger partial charge >= 0.3 is 0 Å². The van der Waals surface area contributed by atoms with E-state index in [0.717, 1.165) is 38.8 Å². The zero-order valence-electron chi connectivity index (χ0n) is 13.0. The van der Waals surface area contributed by atoms with Crippen molar-refractivity contribution >= 4 is 5.91 Å². The maximum absolute atomic E-state index is 11.9. The van der Waals surface area contributed by atoms with Crippen molar-refractivity contribution in [3.05, 3.63) is 0 Å². The van der Waals surface area contributed by atoms with Crippen LogP contribution in [0.1, 0.15) is 52.4 Å². The molecule has 1 fully saturated rings. The first-order chi connectivity index (χ1) is 9.51. The summed E-state index contributed by atoms with van der Waals surface area (Å²) in [4.78, 5) is 14.2. The van der Waals surface area contributed by atoms with Gasteiger partial charge in [-0.15, -0.1) is 0 Å². The van der Waals surface area contributed by atoms with E-state index in [1.807, 2.05) is 6.92 Å². The van der Waals surface area contributed by atoms with Gasteiger partial charge in [0, 0.05) is 12.6 Å². The van der Waals surface area contributed by atoms with E-state index >= 15 is 0 Å². The fourth-order valence-corrected chi connectivity index (χ4v) is 2.87. The number of hydrogen-bond donors (Lipinski definition) is 3. The van der Waals surface area contributed by atoms with E-state index in [1.165, 1.54) is 6.42 Å². The fourth-order valence-electron chi connectivity index (χ4n) is 2.87. The molecule has 20 heavy (non-hydrogen) atoms. The molecule has 1 aliphatic heterocycles. The van der Waals surface area contributed by atoms with Crippen LogP contribution in [0.3, 0.4) is 0 Å². The molecule has 0 saturated carbocycles. The van der Waals surface area contributed by atoms with Gasteiger partial charge in [-0.1, -0.05) is 13.3 Å². The number of rotatable bonds is 9. The minimum Gasteiger partial charge on any atom is -0.395 e. The first-order valence-corrected chi connectivity index (χ1v) is 7.93. The Hall–Kier alpha value is -0.650. The van der Waals surface area contributed by atoms with Crippen molar-refractivity contribution < 1.29 is 9.90 Å². The van der Waals surface area contributed by atoms with Gasteiger partial charge in [0.15, 0.2) is 0 Å². The molecule has 2 atom stereocenters. The van der Waals surface area contributed by atoms with Crippen LogP contribution in [-0.4, -0.2) is 53.7 Å². The van der Waals surface area contributed by atoms with Crippen molar-refractivity contribution in [3.63, 3.8) is 0 Å². The largest absolute Gasteiger partial charge is 0.395 e. The second-order valence-corrected chi connectivity index (χ2v) is 6.15. The lowest BCUT2D eigenvalue weighted by Gasteiger charge is -2.24. The fraction of sp³-hybridized carbons (Fsp3) is 0.933. The molecule has 1 rings (SSSR count). The summed E-state index contributed by atoms with van der Waals surface area (Å²) < 4.78 is 0. The van der Waals surface area contributed by atoms with E-state index in [9.17, 15) is 9.90 Å². The zero-order chi connectivity index (χ0) is 15.0. The summed E-state index contributed by atoms with van der Waals surface area (Å²) in [7, 11) is 0. The monoisotopic (exact) mass is 285 g/mol. The summed E-state index contributed by atoms with van der Waals surface area (Å²) in [5.41, 5.74) is 5.23. The number of nitrogens with two attached hydrogens (primary N) is 1. The standard InChI is InChI=1S/C15H31N3O2/c1-3-8-15(2,16)14(20)17-9-4-5-10-18-11-6-7-13(18)12-19/h13,19H,3-12,16H2,1-2H3,(H,17,20). The van der Waals surface area contributed by atoms with E-state index in [1.54, 1.807) is 6.92 Å². The van der Waals surface area contributed by atoms with Crippen LogP contribution in [0, 0.1) is 0 Å². The first kappa shape index (κ1) is 17.4. The van der Waals surface area contributed by atoms with Crippen LogP contribution in [0.25, 0.3) is 0 Å². The van der Waals surface area contributed by atoms with E-state index in [-0.39, 0.29) is 12.5 Å². The van der Waals surface area contributed by atoms with Crippen LogP contribution < -0.4 is 11.1 Å². The predicted molar refractivity (Wildman–Crippen MR) is 81.4 cm³/mol. The highest BCUT2D eigenvalue weighted by atomic mass is 16.3. The molecular formula is C15H31N3O2. The van der Waals surface area contributed by atoms with Crippen LogP contribution in [0.4, 0.5) is 0 Å². The van der Waals surface area contributed by atoms with Gasteiger partial charge in [0.1, 0.15) is 0 Å². The third-order valence-electron chi connectivity index (χ3n) is 4.16. The molecular weight excluding hydrogens is 254 g/mol. The molecule has 1 saturated heterocycles. The van der Waals surface area contributed by atoms with Gasteiger partial charge in [0.25, 0.3) is 0 Å². The molecule has 1 aliphatic rings. The number of hydrogen-bond acceptors (Lipinski definition) is 4. The first-order valence-electron chi connectivity index (χ1n) is 7.93. The molecule has 2 unspecified atom stereocenters. The summed E-state index contributed by atoms with van der Waals surface area (Å²) in [5.74, 6) is -0.0474. The molecule has 0 aromatic heterocycles. The van der Waals surface area contributed by atoms with E-state index < -0.39 is 5.54 Å². The molecule has 1 heterocycles. The number of nitrogens with one attached hydrogen (secondary N) is 1. The average Bonchev–Trinajstić information content (AvgIpc) is 2.85. The summed E-state index contributed by atoms with van der Waals surface area (Å²) in [6.45, 7) is 6.88. The predicted octanol–water partition coefficient (Wildman–Crippen LogP) is 0.857. The normalized spacial score (nSPS) is 22.7. The third kappa shape index (κ3) is 5.38. The van der Waals surface area contributed by atoms with Crippen molar-refractivity contribution in [2.45, 2.75) is 64.0 Å². The van der Waals surface area contributed by atoms with Gasteiger partial charge in [-0.25, -0.2) is 0 Å². The summed E-state index contributed by atoms with van der Waals surface area (Å²) in [5, 5.41) is 12.2. The molecule has 5 heteroatoms. The van der Waals surface area contributed by atoms with Crippen molar-refractivity contribution in [3.8, 4) is 0 Å². The van der Waals surface area contributed by atoms with Crippen LogP contribution in [-0.2, 0) is 4.79 Å². The Morgan fingerprint density at radius 2 is 2.25 bits per heavy atom. The number of aliphatic hydroxyl groups is 1. The van der Waals surface area contributed by atoms with Crippen LogP contribution >= 0.6 is 0 Å². The zero-order valence-corrected chi connectivity index (χ0v) is 13.0. The smallest absolute Gasteiger partial charge is 0.239 e. The molecule has 0 bridgehead atoms. The number of carbonyl (C=O) groups is 1. The van der Waals surface area contributed by atoms with Gasteiger partial charge in [0.2, 0.25) is 5.91 Å². The van der Waals surface area contributed by atoms with Gasteiger partial charge in [-0.05, 0) is 52.1 Å². The molecule has 5 nitrogen and oxygen atoms in total. The number of aliphatic hydroxyl groups excluding tert-OH is 1. The third-order valence-corrected chi connectivity index (χ3v) is 4.16. The lowest BCUT2D eigenvalue weighted by atomic mass is 9.96. The Kier molecular flexibility index (Phi) is 7.48. The number of nitrogens with zero attached hydrogens (tertiary/aromatic N) is 1. The Balaban J connectivity index is 2.11. The summed E-state index contributed by atoms with van der Waals surface area (Å²) >= 11 is 0. The van der Waals surface area contributed by atoms with Gasteiger partial charge in [-0.2, -0.15) is 0 Å². The van der Waals surface area contributed by atoms with Crippen LogP contribution in [0.2, 0.25) is 0 Å². The Labute approximate surface area is 122 Å². The number of likely N-dealkylation sites (tertiary alicyclic amines) is 1. The maximum atomic E-state index is 11.9. The topological polar surface area (TPSA) is 78.6 Å². The van der Waals surface area contributed by atoms with Gasteiger partial charge in [-0.3, -0.25) is 9.69 Å². The minimum atomic E-state index is -0.744. The van der Waals surface area contributed by atoms with Crippen molar-refractivity contribution in [1.82, 2.24) is 10.2 Å². The van der Waals surface area contributed by atoms with E-state index in [0.29, 0.717) is 19.0 Å². The maximum Gasteiger partial charge on any atom is 0.239 e. The summed E-state index contributed by atoms with van der Waals surface area (Å²) in [6, 6.07) is 0.349. The van der Waals surface area contributed by atoms with Crippen molar-refractivity contribution in [1.29, 1.82) is 0 Å². The van der Waals surface area contributed by atoms with Crippen LogP contribution in [0.15, 0.2) is 0 Å². The molecule has 0 spiro atoms. The number of carbonyl (C=O) groups excluding carboxylic acids is 1.